The summed E-state index contributed by atoms with van der Waals surface area (Å²) in [6.45, 7) is 0.230. The van der Waals surface area contributed by atoms with Crippen LogP contribution in [-0.4, -0.2) is 28.8 Å². The van der Waals surface area contributed by atoms with Crippen molar-refractivity contribution in [3.05, 3.63) is 88.2 Å². The zero-order valence-corrected chi connectivity index (χ0v) is 17.3. The molecular weight excluding hydrogens is 455 g/mol. The number of aromatic amines is 1. The maximum absolute atomic E-state index is 13.3. The molecule has 0 radical (unpaired) electrons. The number of H-pyrrole nitrogens is 1. The molecule has 2 N–H and O–H groups in total. The van der Waals surface area contributed by atoms with Crippen LogP contribution in [0.25, 0.3) is 11.1 Å². The molecule has 8 nitrogen and oxygen atoms in total. The predicted molar refractivity (Wildman–Crippen MR) is 113 cm³/mol. The highest BCUT2D eigenvalue weighted by Gasteiger charge is 2.43. The van der Waals surface area contributed by atoms with Crippen molar-refractivity contribution in [2.75, 3.05) is 6.61 Å². The first kappa shape index (κ1) is 21.6. The number of nitrogens with one attached hydrogen (secondary N) is 2. The van der Waals surface area contributed by atoms with Crippen LogP contribution in [0.1, 0.15) is 28.0 Å². The van der Waals surface area contributed by atoms with Crippen LogP contribution in [0.2, 0.25) is 0 Å². The first-order valence-corrected chi connectivity index (χ1v) is 10.1. The van der Waals surface area contributed by atoms with Crippen molar-refractivity contribution < 1.29 is 31.9 Å². The number of rotatable bonds is 4. The van der Waals surface area contributed by atoms with Gasteiger partial charge in [0.15, 0.2) is 5.58 Å². The van der Waals surface area contributed by atoms with E-state index in [0.717, 1.165) is 0 Å². The molecule has 11 heteroatoms. The summed E-state index contributed by atoms with van der Waals surface area (Å²) in [6.07, 6.45) is -3.02. The van der Waals surface area contributed by atoms with Gasteiger partial charge in [-0.05, 0) is 48.0 Å². The summed E-state index contributed by atoms with van der Waals surface area (Å²) in [5.41, 5.74) is 0.611. The molecule has 3 heterocycles. The van der Waals surface area contributed by atoms with Crippen molar-refractivity contribution in [1.82, 2.24) is 15.3 Å². The summed E-state index contributed by atoms with van der Waals surface area (Å²) >= 11 is 0. The zero-order valence-electron chi connectivity index (χ0n) is 17.3. The van der Waals surface area contributed by atoms with Crippen LogP contribution in [0.4, 0.5) is 13.2 Å². The summed E-state index contributed by atoms with van der Waals surface area (Å²) in [5.74, 6) is -1.08. The maximum Gasteiger partial charge on any atom is 0.573 e. The minimum absolute atomic E-state index is 0.230. The lowest BCUT2D eigenvalue weighted by Crippen LogP contribution is -2.50. The topological polar surface area (TPSA) is 106 Å². The molecular formula is C23H16F3N3O5. The van der Waals surface area contributed by atoms with Crippen molar-refractivity contribution in [1.29, 1.82) is 0 Å². The number of ether oxygens (including phenoxy) is 2. The van der Waals surface area contributed by atoms with Crippen molar-refractivity contribution in [2.24, 2.45) is 0 Å². The number of benzene rings is 2. The van der Waals surface area contributed by atoms with Gasteiger partial charge >= 0.3 is 12.1 Å². The van der Waals surface area contributed by atoms with Crippen LogP contribution < -0.4 is 20.5 Å². The molecule has 0 bridgehead atoms. The van der Waals surface area contributed by atoms with Crippen LogP contribution >= 0.6 is 0 Å². The van der Waals surface area contributed by atoms with E-state index in [-0.39, 0.29) is 24.3 Å². The van der Waals surface area contributed by atoms with Crippen LogP contribution in [0, 0.1) is 0 Å². The molecule has 5 rings (SSSR count). The van der Waals surface area contributed by atoms with E-state index in [2.05, 4.69) is 20.0 Å². The van der Waals surface area contributed by atoms with Gasteiger partial charge in [0.25, 0.3) is 5.91 Å². The molecule has 0 aliphatic carbocycles. The number of hydrogen-bond donors (Lipinski definition) is 2. The van der Waals surface area contributed by atoms with E-state index in [9.17, 15) is 22.8 Å². The number of amides is 1. The Hall–Kier alpha value is -4.28. The number of halogens is 3. The summed E-state index contributed by atoms with van der Waals surface area (Å²) in [7, 11) is 0. The number of alkyl halides is 3. The second-order valence-electron chi connectivity index (χ2n) is 7.61. The number of oxazole rings is 1. The molecule has 2 aromatic heterocycles. The molecule has 1 aliphatic rings. The Labute approximate surface area is 189 Å². The summed E-state index contributed by atoms with van der Waals surface area (Å²) < 4.78 is 52.5. The molecule has 1 atom stereocenters. The van der Waals surface area contributed by atoms with E-state index < -0.39 is 23.6 Å². The Morgan fingerprint density at radius 2 is 1.94 bits per heavy atom. The summed E-state index contributed by atoms with van der Waals surface area (Å²) in [6, 6.07) is 13.1. The minimum Gasteiger partial charge on any atom is -0.491 e. The minimum atomic E-state index is -4.83. The Morgan fingerprint density at radius 1 is 1.15 bits per heavy atom. The normalized spacial score (nSPS) is 17.6. The smallest absolute Gasteiger partial charge is 0.491 e. The largest absolute Gasteiger partial charge is 0.573 e. The SMILES string of the molecule is O=C(N[C@@]1(c2ccc(OC(F)(F)F)cc2)CCOc2cccnc21)c1ccc2oc(=O)[nH]c2c1. The van der Waals surface area contributed by atoms with Gasteiger partial charge in [-0.1, -0.05) is 12.1 Å². The molecule has 1 amide bonds. The number of carbonyl (C=O) groups excluding carboxylic acids is 1. The molecule has 4 aromatic rings. The third-order valence-electron chi connectivity index (χ3n) is 5.50. The first-order valence-electron chi connectivity index (χ1n) is 10.1. The number of hydrogen-bond acceptors (Lipinski definition) is 6. The van der Waals surface area contributed by atoms with E-state index in [0.29, 0.717) is 28.1 Å². The highest BCUT2D eigenvalue weighted by Crippen LogP contribution is 2.41. The van der Waals surface area contributed by atoms with E-state index in [4.69, 9.17) is 9.15 Å². The number of aromatic nitrogens is 2. The number of pyridine rings is 1. The van der Waals surface area contributed by atoms with Gasteiger partial charge in [0, 0.05) is 18.2 Å². The fourth-order valence-corrected chi connectivity index (χ4v) is 4.04. The lowest BCUT2D eigenvalue weighted by Gasteiger charge is -2.39. The predicted octanol–water partition coefficient (Wildman–Crippen LogP) is 3.87. The Bertz CT molecular complexity index is 1430. The second kappa shape index (κ2) is 7.94. The Balaban J connectivity index is 1.56. The van der Waals surface area contributed by atoms with Gasteiger partial charge in [-0.3, -0.25) is 14.8 Å². The van der Waals surface area contributed by atoms with E-state index >= 15 is 0 Å². The maximum atomic E-state index is 13.3. The van der Waals surface area contributed by atoms with Gasteiger partial charge in [-0.15, -0.1) is 13.2 Å². The molecule has 0 saturated carbocycles. The van der Waals surface area contributed by atoms with E-state index in [1.807, 2.05) is 0 Å². The van der Waals surface area contributed by atoms with Gasteiger partial charge in [0.1, 0.15) is 22.7 Å². The van der Waals surface area contributed by atoms with Gasteiger partial charge in [-0.2, -0.15) is 0 Å². The molecule has 0 unspecified atom stereocenters. The van der Waals surface area contributed by atoms with Gasteiger partial charge < -0.3 is 19.2 Å². The van der Waals surface area contributed by atoms with Crippen molar-refractivity contribution in [3.63, 3.8) is 0 Å². The number of nitrogens with zero attached hydrogens (tertiary/aromatic N) is 1. The lowest BCUT2D eigenvalue weighted by molar-refractivity contribution is -0.274. The summed E-state index contributed by atoms with van der Waals surface area (Å²) in [4.78, 5) is 31.7. The van der Waals surface area contributed by atoms with E-state index in [1.165, 1.54) is 48.7 Å². The average molecular weight is 471 g/mol. The van der Waals surface area contributed by atoms with Crippen LogP contribution in [0.15, 0.2) is 70.0 Å². The van der Waals surface area contributed by atoms with Gasteiger partial charge in [-0.25, -0.2) is 4.79 Å². The zero-order chi connectivity index (χ0) is 23.9. The van der Waals surface area contributed by atoms with Crippen molar-refractivity contribution in [3.8, 4) is 11.5 Å². The average Bonchev–Trinajstić information content (AvgIpc) is 3.18. The molecule has 174 valence electrons. The molecule has 0 spiro atoms. The molecule has 0 saturated heterocycles. The highest BCUT2D eigenvalue weighted by molar-refractivity contribution is 5.97. The molecule has 1 aliphatic heterocycles. The lowest BCUT2D eigenvalue weighted by atomic mass is 9.81. The number of carbonyl (C=O) groups is 1. The summed E-state index contributed by atoms with van der Waals surface area (Å²) in [5, 5.41) is 2.99. The highest BCUT2D eigenvalue weighted by atomic mass is 19.4. The van der Waals surface area contributed by atoms with Crippen LogP contribution in [0.5, 0.6) is 11.5 Å². The van der Waals surface area contributed by atoms with Gasteiger partial charge in [0.2, 0.25) is 0 Å². The molecule has 2 aromatic carbocycles. The fourth-order valence-electron chi connectivity index (χ4n) is 4.04. The van der Waals surface area contributed by atoms with Crippen LogP contribution in [-0.2, 0) is 5.54 Å². The quantitative estimate of drug-likeness (QED) is 0.468. The monoisotopic (exact) mass is 471 g/mol. The Morgan fingerprint density at radius 3 is 2.71 bits per heavy atom. The second-order valence-corrected chi connectivity index (χ2v) is 7.61. The first-order chi connectivity index (χ1) is 16.2. The Kier molecular flexibility index (Phi) is 5.03. The fraction of sp³-hybridized carbons (Fsp3) is 0.174. The van der Waals surface area contributed by atoms with Crippen molar-refractivity contribution in [2.45, 2.75) is 18.3 Å². The third kappa shape index (κ3) is 3.96. The molecule has 34 heavy (non-hydrogen) atoms. The van der Waals surface area contributed by atoms with Crippen molar-refractivity contribution >= 4 is 17.0 Å². The van der Waals surface area contributed by atoms with Gasteiger partial charge in [0.05, 0.1) is 12.1 Å². The van der Waals surface area contributed by atoms with Crippen LogP contribution in [0.3, 0.4) is 0 Å². The standard InChI is InChI=1S/C23H16F3N3O5/c24-23(25,26)34-15-6-4-14(5-7-15)22(9-11-32-18-2-1-10-27-19(18)22)29-20(30)13-3-8-17-16(12-13)28-21(31)33-17/h1-8,10,12H,9,11H2,(H,28,31)(H,29,30)/t22-/m1/s1. The molecule has 0 fully saturated rings. The third-order valence-corrected chi connectivity index (χ3v) is 5.50. The van der Waals surface area contributed by atoms with E-state index in [1.54, 1.807) is 12.1 Å². The number of fused-ring (bicyclic) bond motifs is 2.